The average molecular weight is 370 g/mol. The summed E-state index contributed by atoms with van der Waals surface area (Å²) in [6.07, 6.45) is 1.52. The van der Waals surface area contributed by atoms with Gasteiger partial charge in [-0.3, -0.25) is 5.10 Å². The summed E-state index contributed by atoms with van der Waals surface area (Å²) in [5, 5.41) is 27.6. The van der Waals surface area contributed by atoms with E-state index in [1.807, 2.05) is 13.8 Å². The molecule has 0 amide bonds. The minimum atomic E-state index is -0.538. The van der Waals surface area contributed by atoms with Crippen LogP contribution in [0.15, 0.2) is 28.7 Å². The van der Waals surface area contributed by atoms with Gasteiger partial charge >= 0.3 is 5.97 Å². The lowest BCUT2D eigenvalue weighted by atomic mass is 9.99. The van der Waals surface area contributed by atoms with Crippen molar-refractivity contribution in [3.8, 4) is 34.1 Å². The molecule has 0 saturated heterocycles. The van der Waals surface area contributed by atoms with E-state index in [4.69, 9.17) is 9.15 Å². The maximum Gasteiger partial charge on any atom is 0.374 e. The number of rotatable bonds is 6. The second-order valence-corrected chi connectivity index (χ2v) is 6.20. The Balaban J connectivity index is 2.09. The monoisotopic (exact) mass is 370 g/mol. The van der Waals surface area contributed by atoms with Crippen molar-refractivity contribution in [2.24, 2.45) is 0 Å². The van der Waals surface area contributed by atoms with Gasteiger partial charge in [0.1, 0.15) is 23.0 Å². The van der Waals surface area contributed by atoms with Crippen LogP contribution in [-0.2, 0) is 11.2 Å². The lowest BCUT2D eigenvalue weighted by Crippen LogP contribution is -2.02. The Bertz CT molecular complexity index is 971. The lowest BCUT2D eigenvalue weighted by Gasteiger charge is -2.09. The molecule has 0 aliphatic carbocycles. The molecule has 0 aliphatic heterocycles. The van der Waals surface area contributed by atoms with Crippen molar-refractivity contribution in [3.05, 3.63) is 41.3 Å². The molecule has 3 aromatic rings. The summed E-state index contributed by atoms with van der Waals surface area (Å²) < 4.78 is 10.6. The molecule has 7 nitrogen and oxygen atoms in total. The number of aromatic hydroxyl groups is 2. The number of carbonyl (C=O) groups excluding carboxylic acids is 1. The number of nitrogens with one attached hydrogen (secondary N) is 1. The molecule has 0 saturated carbocycles. The summed E-state index contributed by atoms with van der Waals surface area (Å²) in [5.74, 6) is -0.0419. The molecule has 0 atom stereocenters. The Labute approximate surface area is 156 Å². The van der Waals surface area contributed by atoms with E-state index in [0.29, 0.717) is 29.0 Å². The number of furan rings is 1. The molecule has 0 aliphatic rings. The highest BCUT2D eigenvalue weighted by Crippen LogP contribution is 2.40. The van der Waals surface area contributed by atoms with Crippen molar-refractivity contribution in [1.29, 1.82) is 0 Å². The smallest absolute Gasteiger partial charge is 0.374 e. The second kappa shape index (κ2) is 7.57. The number of aromatic nitrogens is 2. The van der Waals surface area contributed by atoms with Gasteiger partial charge in [-0.2, -0.15) is 5.10 Å². The fourth-order valence-electron chi connectivity index (χ4n) is 2.99. The van der Waals surface area contributed by atoms with E-state index >= 15 is 0 Å². The first-order valence-corrected chi connectivity index (χ1v) is 8.83. The molecule has 3 rings (SSSR count). The molecule has 7 heteroatoms. The Morgan fingerprint density at radius 3 is 2.70 bits per heavy atom. The van der Waals surface area contributed by atoms with E-state index in [1.54, 1.807) is 25.1 Å². The summed E-state index contributed by atoms with van der Waals surface area (Å²) in [4.78, 5) is 11.9. The number of nitrogens with zero attached hydrogens (tertiary/aromatic N) is 1. The van der Waals surface area contributed by atoms with Crippen molar-refractivity contribution in [2.45, 2.75) is 33.6 Å². The van der Waals surface area contributed by atoms with Gasteiger partial charge in [0, 0.05) is 17.3 Å². The van der Waals surface area contributed by atoms with E-state index in [9.17, 15) is 15.0 Å². The Hall–Kier alpha value is -3.22. The van der Waals surface area contributed by atoms with Gasteiger partial charge in [-0.05, 0) is 44.0 Å². The molecule has 0 bridgehead atoms. The third-order valence-corrected chi connectivity index (χ3v) is 4.25. The first-order chi connectivity index (χ1) is 13.0. The molecule has 0 radical (unpaired) electrons. The molecule has 0 spiro atoms. The molecule has 0 unspecified atom stereocenters. The van der Waals surface area contributed by atoms with Crippen LogP contribution in [-0.4, -0.2) is 33.0 Å². The summed E-state index contributed by atoms with van der Waals surface area (Å²) >= 11 is 0. The van der Waals surface area contributed by atoms with Crippen LogP contribution in [0.2, 0.25) is 0 Å². The minimum Gasteiger partial charge on any atom is -0.508 e. The highest BCUT2D eigenvalue weighted by atomic mass is 16.5. The van der Waals surface area contributed by atoms with E-state index < -0.39 is 5.97 Å². The SMILES string of the molecule is CCCc1cc(-c2n[nH]c(C)c2-c2ccc(C(=O)OCC)o2)c(O)cc1O. The van der Waals surface area contributed by atoms with Gasteiger partial charge in [0.15, 0.2) is 0 Å². The summed E-state index contributed by atoms with van der Waals surface area (Å²) in [6, 6.07) is 6.25. The standard InChI is InChI=1S/C20H22N2O5/c1-4-6-12-9-13(15(24)10-14(12)23)19-18(11(3)21-22-19)16-7-8-17(27-16)20(25)26-5-2/h7-10,23-24H,4-6H2,1-3H3,(H,21,22). The predicted octanol–water partition coefficient (Wildman–Crippen LogP) is 4.19. The van der Waals surface area contributed by atoms with Crippen molar-refractivity contribution < 1.29 is 24.2 Å². The molecule has 1 aromatic carbocycles. The zero-order valence-electron chi connectivity index (χ0n) is 15.5. The van der Waals surface area contributed by atoms with Crippen molar-refractivity contribution in [1.82, 2.24) is 10.2 Å². The van der Waals surface area contributed by atoms with Gasteiger partial charge in [0.25, 0.3) is 0 Å². The largest absolute Gasteiger partial charge is 0.508 e. The van der Waals surface area contributed by atoms with Crippen LogP contribution in [0.3, 0.4) is 0 Å². The van der Waals surface area contributed by atoms with Crippen molar-refractivity contribution in [3.63, 3.8) is 0 Å². The molecule has 2 heterocycles. The third kappa shape index (κ3) is 3.53. The van der Waals surface area contributed by atoms with E-state index in [1.165, 1.54) is 6.07 Å². The number of aryl methyl sites for hydroxylation is 2. The van der Waals surface area contributed by atoms with Crippen molar-refractivity contribution >= 4 is 5.97 Å². The van der Waals surface area contributed by atoms with Gasteiger partial charge in [0.2, 0.25) is 5.76 Å². The number of phenolic OH excluding ortho intramolecular Hbond substituents is 2. The Morgan fingerprint density at radius 2 is 2.00 bits per heavy atom. The number of aromatic amines is 1. The number of hydrogen-bond donors (Lipinski definition) is 3. The molecule has 27 heavy (non-hydrogen) atoms. The number of H-pyrrole nitrogens is 1. The molecular formula is C20H22N2O5. The number of hydrogen-bond acceptors (Lipinski definition) is 6. The van der Waals surface area contributed by atoms with Crippen LogP contribution in [0, 0.1) is 6.92 Å². The topological polar surface area (TPSA) is 109 Å². The Morgan fingerprint density at radius 1 is 1.22 bits per heavy atom. The van der Waals surface area contributed by atoms with E-state index in [2.05, 4.69) is 10.2 Å². The lowest BCUT2D eigenvalue weighted by molar-refractivity contribution is 0.0491. The van der Waals surface area contributed by atoms with Crippen LogP contribution >= 0.6 is 0 Å². The Kier molecular flexibility index (Phi) is 5.21. The van der Waals surface area contributed by atoms with Crippen LogP contribution in [0.5, 0.6) is 11.5 Å². The molecule has 3 N–H and O–H groups in total. The fourth-order valence-corrected chi connectivity index (χ4v) is 2.99. The zero-order valence-corrected chi connectivity index (χ0v) is 15.5. The van der Waals surface area contributed by atoms with E-state index in [-0.39, 0.29) is 23.9 Å². The number of benzene rings is 1. The highest BCUT2D eigenvalue weighted by Gasteiger charge is 2.22. The summed E-state index contributed by atoms with van der Waals surface area (Å²) in [6.45, 7) is 5.81. The van der Waals surface area contributed by atoms with Crippen LogP contribution in [0.4, 0.5) is 0 Å². The molecular weight excluding hydrogens is 348 g/mol. The van der Waals surface area contributed by atoms with Crippen molar-refractivity contribution in [2.75, 3.05) is 6.61 Å². The first-order valence-electron chi connectivity index (χ1n) is 8.83. The van der Waals surface area contributed by atoms with Crippen LogP contribution in [0.25, 0.3) is 22.6 Å². The van der Waals surface area contributed by atoms with Gasteiger partial charge in [0.05, 0.1) is 12.2 Å². The molecule has 0 fully saturated rings. The number of esters is 1. The number of ether oxygens (including phenoxy) is 1. The van der Waals surface area contributed by atoms with Gasteiger partial charge in [-0.1, -0.05) is 13.3 Å². The second-order valence-electron chi connectivity index (χ2n) is 6.20. The number of carbonyl (C=O) groups is 1. The molecule has 142 valence electrons. The highest BCUT2D eigenvalue weighted by molar-refractivity contribution is 5.89. The normalized spacial score (nSPS) is 10.9. The maximum absolute atomic E-state index is 11.9. The summed E-state index contributed by atoms with van der Waals surface area (Å²) in [5.41, 5.74) is 3.04. The van der Waals surface area contributed by atoms with E-state index in [0.717, 1.165) is 17.7 Å². The fraction of sp³-hybridized carbons (Fsp3) is 0.300. The summed E-state index contributed by atoms with van der Waals surface area (Å²) in [7, 11) is 0. The predicted molar refractivity (Wildman–Crippen MR) is 99.7 cm³/mol. The zero-order chi connectivity index (χ0) is 19.6. The molecule has 2 aromatic heterocycles. The first kappa shape index (κ1) is 18.6. The van der Waals surface area contributed by atoms with Gasteiger partial charge in [-0.15, -0.1) is 0 Å². The quantitative estimate of drug-likeness (QED) is 0.562. The maximum atomic E-state index is 11.9. The van der Waals surface area contributed by atoms with Crippen LogP contribution in [0.1, 0.15) is 42.1 Å². The third-order valence-electron chi connectivity index (χ3n) is 4.25. The average Bonchev–Trinajstić information content (AvgIpc) is 3.24. The van der Waals surface area contributed by atoms with Gasteiger partial charge in [-0.25, -0.2) is 4.79 Å². The minimum absolute atomic E-state index is 0.0505. The van der Waals surface area contributed by atoms with Gasteiger partial charge < -0.3 is 19.4 Å². The number of phenols is 2. The van der Waals surface area contributed by atoms with Crippen LogP contribution < -0.4 is 0 Å².